The Labute approximate surface area is 153 Å². The number of fused-ring (bicyclic) bond motifs is 3. The highest BCUT2D eigenvalue weighted by atomic mass is 35.5. The normalized spacial score (nSPS) is 14.1. The predicted molar refractivity (Wildman–Crippen MR) is 103 cm³/mol. The third kappa shape index (κ3) is 2.89. The number of aromatic nitrogens is 2. The molecule has 4 rings (SSSR count). The van der Waals surface area contributed by atoms with Gasteiger partial charge in [-0.2, -0.15) is 0 Å². The van der Waals surface area contributed by atoms with Crippen LogP contribution in [-0.2, 0) is 25.6 Å². The van der Waals surface area contributed by atoms with Gasteiger partial charge in [-0.15, -0.1) is 11.3 Å². The number of nitrogens with zero attached hydrogens (tertiary/aromatic N) is 2. The van der Waals surface area contributed by atoms with E-state index in [0.29, 0.717) is 0 Å². The average molecular weight is 377 g/mol. The lowest BCUT2D eigenvalue weighted by molar-refractivity contribution is 0.695. The monoisotopic (exact) mass is 376 g/mol. The van der Waals surface area contributed by atoms with Crippen LogP contribution in [0.1, 0.15) is 28.8 Å². The Hall–Kier alpha value is -1.30. The number of thioether (sulfide) groups is 1. The summed E-state index contributed by atoms with van der Waals surface area (Å²) >= 11 is 9.33. The lowest BCUT2D eigenvalue weighted by Crippen LogP contribution is -2.20. The molecule has 3 nitrogen and oxygen atoms in total. The molecule has 0 fully saturated rings. The van der Waals surface area contributed by atoms with E-state index in [2.05, 4.69) is 0 Å². The molecule has 0 bridgehead atoms. The zero-order chi connectivity index (χ0) is 16.7. The summed E-state index contributed by atoms with van der Waals surface area (Å²) < 4.78 is 1.69. The molecular formula is C18H17ClN2OS2. The number of rotatable bonds is 3. The van der Waals surface area contributed by atoms with Crippen molar-refractivity contribution in [3.8, 4) is 0 Å². The van der Waals surface area contributed by atoms with Crippen LogP contribution >= 0.6 is 34.7 Å². The van der Waals surface area contributed by atoms with Crippen molar-refractivity contribution < 1.29 is 0 Å². The Morgan fingerprint density at radius 2 is 2.17 bits per heavy atom. The number of benzene rings is 1. The molecule has 1 aromatic carbocycles. The minimum atomic E-state index is 0.0907. The van der Waals surface area contributed by atoms with Crippen LogP contribution in [0.4, 0.5) is 0 Å². The van der Waals surface area contributed by atoms with Crippen LogP contribution in [0.5, 0.6) is 0 Å². The van der Waals surface area contributed by atoms with Gasteiger partial charge in [-0.05, 0) is 48.9 Å². The van der Waals surface area contributed by atoms with Gasteiger partial charge in [-0.25, -0.2) is 4.98 Å². The molecule has 24 heavy (non-hydrogen) atoms. The van der Waals surface area contributed by atoms with Crippen LogP contribution in [-0.4, -0.2) is 9.55 Å². The molecule has 2 aromatic heterocycles. The standard InChI is InChI=1S/C18H17ClN2OS2/c1-21-17(22)15-13-7-2-3-8-14(13)24-16(15)20-18(21)23-10-11-5-4-6-12(19)9-11/h4-6,9H,2-3,7-8,10H2,1H3. The first-order chi connectivity index (χ1) is 11.6. The molecular weight excluding hydrogens is 360 g/mol. The van der Waals surface area contributed by atoms with E-state index in [1.807, 2.05) is 31.3 Å². The Kier molecular flexibility index (Phi) is 4.41. The van der Waals surface area contributed by atoms with E-state index in [1.54, 1.807) is 27.7 Å². The van der Waals surface area contributed by atoms with Crippen molar-refractivity contribution in [1.29, 1.82) is 0 Å². The van der Waals surface area contributed by atoms with Gasteiger partial charge in [-0.3, -0.25) is 9.36 Å². The molecule has 3 aromatic rings. The first kappa shape index (κ1) is 16.2. The third-order valence-electron chi connectivity index (χ3n) is 4.41. The van der Waals surface area contributed by atoms with Crippen LogP contribution in [0.15, 0.2) is 34.2 Å². The molecule has 2 heterocycles. The van der Waals surface area contributed by atoms with Crippen LogP contribution in [0, 0.1) is 0 Å². The molecule has 0 amide bonds. The summed E-state index contributed by atoms with van der Waals surface area (Å²) in [5.41, 5.74) is 2.47. The van der Waals surface area contributed by atoms with E-state index in [4.69, 9.17) is 16.6 Å². The Morgan fingerprint density at radius 1 is 1.33 bits per heavy atom. The predicted octanol–water partition coefficient (Wildman–Crippen LogP) is 4.82. The van der Waals surface area contributed by atoms with Crippen LogP contribution in [0.2, 0.25) is 5.02 Å². The molecule has 0 unspecified atom stereocenters. The molecule has 1 aliphatic rings. The minimum Gasteiger partial charge on any atom is -0.290 e. The second-order valence-corrected chi connectivity index (χ2v) is 8.53. The smallest absolute Gasteiger partial charge is 0.262 e. The number of hydrogen-bond acceptors (Lipinski definition) is 4. The van der Waals surface area contributed by atoms with Gasteiger partial charge in [0.1, 0.15) is 4.83 Å². The molecule has 0 saturated heterocycles. The van der Waals surface area contributed by atoms with Crippen LogP contribution in [0.3, 0.4) is 0 Å². The summed E-state index contributed by atoms with van der Waals surface area (Å²) in [7, 11) is 1.82. The summed E-state index contributed by atoms with van der Waals surface area (Å²) in [6, 6.07) is 7.81. The fourth-order valence-electron chi connectivity index (χ4n) is 3.17. The van der Waals surface area contributed by atoms with Crippen LogP contribution in [0.25, 0.3) is 10.2 Å². The topological polar surface area (TPSA) is 34.9 Å². The van der Waals surface area contributed by atoms with Gasteiger partial charge in [0, 0.05) is 22.7 Å². The van der Waals surface area contributed by atoms with Gasteiger partial charge in [0.05, 0.1) is 5.39 Å². The largest absolute Gasteiger partial charge is 0.290 e. The molecule has 0 aliphatic heterocycles. The number of thiophene rings is 1. The van der Waals surface area contributed by atoms with Gasteiger partial charge in [0.15, 0.2) is 5.16 Å². The molecule has 0 N–H and O–H groups in total. The van der Waals surface area contributed by atoms with Crippen molar-refractivity contribution >= 4 is 44.9 Å². The van der Waals surface area contributed by atoms with Crippen molar-refractivity contribution in [2.24, 2.45) is 7.05 Å². The summed E-state index contributed by atoms with van der Waals surface area (Å²) in [6.07, 6.45) is 4.50. The van der Waals surface area contributed by atoms with E-state index in [1.165, 1.54) is 23.3 Å². The maximum atomic E-state index is 12.8. The van der Waals surface area contributed by atoms with Gasteiger partial charge in [0.2, 0.25) is 0 Å². The van der Waals surface area contributed by atoms with Crippen molar-refractivity contribution in [2.45, 2.75) is 36.6 Å². The van der Waals surface area contributed by atoms with Gasteiger partial charge in [-0.1, -0.05) is 35.5 Å². The van der Waals surface area contributed by atoms with E-state index in [9.17, 15) is 4.79 Å². The molecule has 0 atom stereocenters. The molecule has 0 radical (unpaired) electrons. The van der Waals surface area contributed by atoms with Crippen molar-refractivity contribution in [1.82, 2.24) is 9.55 Å². The minimum absolute atomic E-state index is 0.0907. The number of hydrogen-bond donors (Lipinski definition) is 0. The third-order valence-corrected chi connectivity index (χ3v) is 6.93. The highest BCUT2D eigenvalue weighted by Gasteiger charge is 2.21. The van der Waals surface area contributed by atoms with E-state index < -0.39 is 0 Å². The van der Waals surface area contributed by atoms with Gasteiger partial charge < -0.3 is 0 Å². The highest BCUT2D eigenvalue weighted by Crippen LogP contribution is 2.34. The molecule has 0 spiro atoms. The number of aryl methyl sites for hydroxylation is 2. The fourth-order valence-corrected chi connectivity index (χ4v) is 5.60. The quantitative estimate of drug-likeness (QED) is 0.485. The first-order valence-corrected chi connectivity index (χ1v) is 10.2. The maximum Gasteiger partial charge on any atom is 0.262 e. The Morgan fingerprint density at radius 3 is 3.00 bits per heavy atom. The molecule has 124 valence electrons. The summed E-state index contributed by atoms with van der Waals surface area (Å²) in [6.45, 7) is 0. The molecule has 0 saturated carbocycles. The van der Waals surface area contributed by atoms with E-state index in [-0.39, 0.29) is 5.56 Å². The summed E-state index contributed by atoms with van der Waals surface area (Å²) in [5.74, 6) is 0.747. The van der Waals surface area contributed by atoms with Crippen molar-refractivity contribution in [3.63, 3.8) is 0 Å². The zero-order valence-electron chi connectivity index (χ0n) is 13.3. The number of halogens is 1. The molecule has 6 heteroatoms. The lowest BCUT2D eigenvalue weighted by atomic mass is 9.97. The summed E-state index contributed by atoms with van der Waals surface area (Å²) in [4.78, 5) is 19.9. The lowest BCUT2D eigenvalue weighted by Gasteiger charge is -2.11. The first-order valence-electron chi connectivity index (χ1n) is 8.02. The fraction of sp³-hybridized carbons (Fsp3) is 0.333. The van der Waals surface area contributed by atoms with Crippen molar-refractivity contribution in [3.05, 3.63) is 55.6 Å². The molecule has 1 aliphatic carbocycles. The van der Waals surface area contributed by atoms with Gasteiger partial charge in [0.25, 0.3) is 5.56 Å². The summed E-state index contributed by atoms with van der Waals surface area (Å²) in [5, 5.41) is 2.35. The second-order valence-electron chi connectivity index (χ2n) is 6.07. The average Bonchev–Trinajstić information content (AvgIpc) is 2.95. The SMILES string of the molecule is Cn1c(SCc2cccc(Cl)c2)nc2sc3c(c2c1=O)CCCC3. The van der Waals surface area contributed by atoms with E-state index >= 15 is 0 Å². The second kappa shape index (κ2) is 6.54. The Balaban J connectivity index is 1.71. The zero-order valence-corrected chi connectivity index (χ0v) is 15.7. The van der Waals surface area contributed by atoms with Gasteiger partial charge >= 0.3 is 0 Å². The maximum absolute atomic E-state index is 12.8. The Bertz CT molecular complexity index is 977. The van der Waals surface area contributed by atoms with Crippen LogP contribution < -0.4 is 5.56 Å². The van der Waals surface area contributed by atoms with Crippen molar-refractivity contribution in [2.75, 3.05) is 0 Å². The van der Waals surface area contributed by atoms with E-state index in [0.717, 1.165) is 44.6 Å². The highest BCUT2D eigenvalue weighted by molar-refractivity contribution is 7.98.